The molecular weight excluding hydrogens is 661 g/mol. The first-order chi connectivity index (χ1) is 22.8. The van der Waals surface area contributed by atoms with E-state index in [2.05, 4.69) is 15.8 Å². The molecule has 0 aromatic heterocycles. The third kappa shape index (κ3) is 8.47. The van der Waals surface area contributed by atoms with Gasteiger partial charge in [0.2, 0.25) is 5.60 Å². The average Bonchev–Trinajstić information content (AvgIpc) is 3.25. The van der Waals surface area contributed by atoms with E-state index < -0.39 is 40.8 Å². The normalized spacial score (nSPS) is 23.6. The number of nitrogens with one attached hydrogen (secondary N) is 2. The first-order valence-corrected chi connectivity index (χ1v) is 16.5. The minimum absolute atomic E-state index is 0.178. The molecular formula is C31H37N8O7S2+. The summed E-state index contributed by atoms with van der Waals surface area (Å²) in [5.74, 6) is -3.78. The molecule has 0 saturated carbocycles. The van der Waals surface area contributed by atoms with Crippen LogP contribution in [0.5, 0.6) is 0 Å². The molecule has 4 heterocycles. The molecule has 0 aromatic carbocycles. The predicted molar refractivity (Wildman–Crippen MR) is 184 cm³/mol. The monoisotopic (exact) mass is 697 g/mol. The first kappa shape index (κ1) is 35.8. The number of carboxylic acids is 2. The van der Waals surface area contributed by atoms with Gasteiger partial charge in [-0.05, 0) is 43.1 Å². The van der Waals surface area contributed by atoms with E-state index in [0.29, 0.717) is 41.6 Å². The Morgan fingerprint density at radius 3 is 2.69 bits per heavy atom. The van der Waals surface area contributed by atoms with E-state index >= 15 is 0 Å². The molecule has 0 aromatic rings. The molecule has 4 aliphatic rings. The van der Waals surface area contributed by atoms with Crippen molar-refractivity contribution in [1.82, 2.24) is 15.5 Å². The fraction of sp³-hybridized carbons (Fsp3) is 0.290. The molecule has 4 rings (SSSR count). The van der Waals surface area contributed by atoms with Crippen molar-refractivity contribution in [2.24, 2.45) is 22.4 Å². The van der Waals surface area contributed by atoms with Gasteiger partial charge < -0.3 is 42.9 Å². The maximum absolute atomic E-state index is 13.5. The number of fused-ring (bicyclic) bond motifs is 1. The van der Waals surface area contributed by atoms with E-state index in [1.54, 1.807) is 41.9 Å². The molecule has 254 valence electrons. The number of amides is 2. The van der Waals surface area contributed by atoms with Crippen LogP contribution in [0.1, 0.15) is 13.8 Å². The van der Waals surface area contributed by atoms with Gasteiger partial charge in [-0.2, -0.15) is 4.58 Å². The maximum atomic E-state index is 13.5. The molecule has 48 heavy (non-hydrogen) atoms. The zero-order chi connectivity index (χ0) is 35.0. The van der Waals surface area contributed by atoms with Crippen LogP contribution in [0, 0.1) is 0 Å². The number of hydrogen-bond acceptors (Lipinski definition) is 12. The van der Waals surface area contributed by atoms with E-state index in [4.69, 9.17) is 22.0 Å². The molecule has 2 amide bonds. The van der Waals surface area contributed by atoms with Gasteiger partial charge in [-0.25, -0.2) is 9.59 Å². The van der Waals surface area contributed by atoms with Gasteiger partial charge in [0.25, 0.3) is 11.8 Å². The molecule has 15 nitrogen and oxygen atoms in total. The summed E-state index contributed by atoms with van der Waals surface area (Å²) in [6.45, 7) is 3.85. The van der Waals surface area contributed by atoms with E-state index in [0.717, 1.165) is 16.7 Å². The number of nitrogens with two attached hydrogens (primary N) is 3. The van der Waals surface area contributed by atoms with Gasteiger partial charge in [0, 0.05) is 30.5 Å². The number of thioether (sulfide) groups is 2. The Morgan fingerprint density at radius 1 is 1.21 bits per heavy atom. The Labute approximate surface area is 285 Å². The SMILES string of the molecule is CC(C)(O/N=C(\C(=O)N[C@@H]1C(=O)N2C(C(=O)O)=C(/C=C/C[N+]3=C/C(NCCN)=C(N)\C=C\C=C3)CSC12)C1=CSC(N)=CC=C1)C(=O)O. The highest BCUT2D eigenvalue weighted by Gasteiger charge is 2.54. The average molecular weight is 698 g/mol. The molecule has 0 bridgehead atoms. The molecule has 0 radical (unpaired) electrons. The Hall–Kier alpha value is -5.00. The zero-order valence-corrected chi connectivity index (χ0v) is 27.8. The molecule has 1 saturated heterocycles. The number of nitrogens with zero attached hydrogens (tertiary/aromatic N) is 3. The van der Waals surface area contributed by atoms with Gasteiger partial charge in [-0.15, -0.1) is 11.8 Å². The molecule has 2 atom stereocenters. The van der Waals surface area contributed by atoms with Gasteiger partial charge in [-0.1, -0.05) is 41.2 Å². The molecule has 4 aliphatic heterocycles. The third-order valence-corrected chi connectivity index (χ3v) is 9.16. The van der Waals surface area contributed by atoms with Crippen LogP contribution in [0.4, 0.5) is 0 Å². The molecule has 1 unspecified atom stereocenters. The standard InChI is InChI=1S/C31H36N8O7S2/c1-31(2,30(44)45)46-37-23(18-7-5-10-22(34)47-16-18)26(40)36-24-27(41)39-25(29(42)43)19(17-48-28(24)39)8-6-14-38-13-4-3-9-20(33)21(15-38)35-12-11-32/h3-10,13,15-16,24,28,33,35H,11-12,14,17,32,34H2,1-2H3,(H3,36,40,42,43,44,45)/p+1/b8-6+,9-3+,13-4?,21-15?,37-23-/t24-,28?/m1/s1. The van der Waals surface area contributed by atoms with Crippen molar-refractivity contribution < 1.29 is 38.8 Å². The fourth-order valence-corrected chi connectivity index (χ4v) is 6.40. The summed E-state index contributed by atoms with van der Waals surface area (Å²) < 4.78 is 1.86. The van der Waals surface area contributed by atoms with Crippen molar-refractivity contribution in [3.05, 3.63) is 93.5 Å². The number of allylic oxidation sites excluding steroid dienone is 8. The number of carbonyl (C=O) groups is 4. The van der Waals surface area contributed by atoms with Crippen molar-refractivity contribution in [2.75, 3.05) is 25.4 Å². The lowest BCUT2D eigenvalue weighted by atomic mass is 10.0. The van der Waals surface area contributed by atoms with Gasteiger partial charge in [0.1, 0.15) is 22.8 Å². The second-order valence-corrected chi connectivity index (χ2v) is 13.1. The van der Waals surface area contributed by atoms with Gasteiger partial charge >= 0.3 is 11.9 Å². The molecule has 10 N–H and O–H groups in total. The summed E-state index contributed by atoms with van der Waals surface area (Å²) in [5.41, 5.74) is 17.3. The number of carbonyl (C=O) groups excluding carboxylic acids is 2. The molecule has 0 aliphatic carbocycles. The van der Waals surface area contributed by atoms with Crippen LogP contribution >= 0.6 is 23.5 Å². The van der Waals surface area contributed by atoms with Gasteiger partial charge in [-0.3, -0.25) is 14.5 Å². The third-order valence-electron chi connectivity index (χ3n) is 7.08. The summed E-state index contributed by atoms with van der Waals surface area (Å²) >= 11 is 2.40. The van der Waals surface area contributed by atoms with E-state index in [9.17, 15) is 29.4 Å². The molecule has 0 spiro atoms. The van der Waals surface area contributed by atoms with Crippen LogP contribution < -0.4 is 27.8 Å². The van der Waals surface area contributed by atoms with Crippen molar-refractivity contribution >= 4 is 59.2 Å². The highest BCUT2D eigenvalue weighted by atomic mass is 32.2. The lowest BCUT2D eigenvalue weighted by Crippen LogP contribution is -2.71. The van der Waals surface area contributed by atoms with Crippen LogP contribution in [-0.4, -0.2) is 97.8 Å². The van der Waals surface area contributed by atoms with Gasteiger partial charge in [0.15, 0.2) is 24.7 Å². The minimum atomic E-state index is -1.76. The first-order valence-electron chi connectivity index (χ1n) is 14.6. The summed E-state index contributed by atoms with van der Waals surface area (Å²) in [5, 5.41) is 30.5. The number of aliphatic carboxylic acids is 2. The summed E-state index contributed by atoms with van der Waals surface area (Å²) in [6.07, 6.45) is 17.2. The lowest BCUT2D eigenvalue weighted by molar-refractivity contribution is -0.439. The van der Waals surface area contributed by atoms with Crippen molar-refractivity contribution in [3.63, 3.8) is 0 Å². The quantitative estimate of drug-likeness (QED) is 0.0597. The van der Waals surface area contributed by atoms with Crippen molar-refractivity contribution in [1.29, 1.82) is 0 Å². The Morgan fingerprint density at radius 2 is 1.98 bits per heavy atom. The number of rotatable bonds is 13. The van der Waals surface area contributed by atoms with Crippen LogP contribution in [0.15, 0.2) is 98.6 Å². The van der Waals surface area contributed by atoms with Crippen molar-refractivity contribution in [3.8, 4) is 0 Å². The number of carboxylic acid groups (broad SMARTS) is 2. The molecule has 17 heteroatoms. The summed E-state index contributed by atoms with van der Waals surface area (Å²) in [4.78, 5) is 57.2. The topological polar surface area (TPSA) is 239 Å². The number of oxime groups is 1. The van der Waals surface area contributed by atoms with Crippen LogP contribution in [-0.2, 0) is 24.0 Å². The number of hydrogen-bond donors (Lipinski definition) is 7. The largest absolute Gasteiger partial charge is 0.478 e. The number of β-lactam (4-membered cyclic amide) rings is 1. The zero-order valence-electron chi connectivity index (χ0n) is 26.2. The van der Waals surface area contributed by atoms with E-state index in [1.165, 1.54) is 31.7 Å². The maximum Gasteiger partial charge on any atom is 0.352 e. The Balaban J connectivity index is 1.52. The Kier molecular flexibility index (Phi) is 11.7. The smallest absolute Gasteiger partial charge is 0.352 e. The van der Waals surface area contributed by atoms with Crippen molar-refractivity contribution in [2.45, 2.75) is 30.9 Å². The highest BCUT2D eigenvalue weighted by molar-refractivity contribution is 8.05. The van der Waals surface area contributed by atoms with E-state index in [-0.39, 0.29) is 22.7 Å². The van der Waals surface area contributed by atoms with Crippen LogP contribution in [0.25, 0.3) is 0 Å². The summed E-state index contributed by atoms with van der Waals surface area (Å²) in [7, 11) is 0. The summed E-state index contributed by atoms with van der Waals surface area (Å²) in [6, 6.07) is -1.07. The lowest BCUT2D eigenvalue weighted by Gasteiger charge is -2.49. The van der Waals surface area contributed by atoms with Gasteiger partial charge in [0.05, 0.1) is 10.7 Å². The van der Waals surface area contributed by atoms with E-state index in [1.807, 2.05) is 23.1 Å². The highest BCUT2D eigenvalue weighted by Crippen LogP contribution is 2.40. The second-order valence-electron chi connectivity index (χ2n) is 11.0. The fourth-order valence-electron chi connectivity index (χ4n) is 4.47. The van der Waals surface area contributed by atoms with Crippen LogP contribution in [0.2, 0.25) is 0 Å². The second kappa shape index (κ2) is 15.7. The van der Waals surface area contributed by atoms with Crippen LogP contribution in [0.3, 0.4) is 0 Å². The molecule has 1 fully saturated rings. The predicted octanol–water partition coefficient (Wildman–Crippen LogP) is 0.389. The minimum Gasteiger partial charge on any atom is -0.478 e. The Bertz CT molecular complexity index is 1680.